The zero-order valence-electron chi connectivity index (χ0n) is 11.6. The van der Waals surface area contributed by atoms with Gasteiger partial charge in [0.2, 0.25) is 0 Å². The minimum Gasteiger partial charge on any atom is -0.491 e. The van der Waals surface area contributed by atoms with Crippen LogP contribution >= 0.6 is 0 Å². The molecule has 108 valence electrons. The summed E-state index contributed by atoms with van der Waals surface area (Å²) in [6, 6.07) is 4.25. The number of benzene rings is 1. The van der Waals surface area contributed by atoms with Crippen LogP contribution in [0.2, 0.25) is 0 Å². The number of hydrogen-bond acceptors (Lipinski definition) is 4. The van der Waals surface area contributed by atoms with Gasteiger partial charge in [-0.1, -0.05) is 6.07 Å². The zero-order chi connectivity index (χ0) is 14.9. The maximum Gasteiger partial charge on any atom is 0.408 e. The fraction of sp³-hybridized carbons (Fsp3) is 0.429. The minimum atomic E-state index is -1.01. The van der Waals surface area contributed by atoms with Crippen molar-refractivity contribution in [2.45, 2.75) is 32.4 Å². The Kier molecular flexibility index (Phi) is 3.57. The molecule has 1 heterocycles. The van der Waals surface area contributed by atoms with E-state index in [-0.39, 0.29) is 18.2 Å². The van der Waals surface area contributed by atoms with Crippen molar-refractivity contribution in [3.8, 4) is 5.75 Å². The number of rotatable bonds is 2. The number of nitrogens with one attached hydrogen (secondary N) is 1. The van der Waals surface area contributed by atoms with E-state index < -0.39 is 17.7 Å². The van der Waals surface area contributed by atoms with Gasteiger partial charge in [-0.25, -0.2) is 9.59 Å². The zero-order valence-corrected chi connectivity index (χ0v) is 11.6. The van der Waals surface area contributed by atoms with Gasteiger partial charge >= 0.3 is 12.1 Å². The quantitative estimate of drug-likeness (QED) is 0.868. The van der Waals surface area contributed by atoms with Crippen molar-refractivity contribution in [1.82, 2.24) is 5.32 Å². The van der Waals surface area contributed by atoms with Gasteiger partial charge in [0.1, 0.15) is 18.0 Å². The van der Waals surface area contributed by atoms with Crippen molar-refractivity contribution in [1.29, 1.82) is 0 Å². The monoisotopic (exact) mass is 279 g/mol. The Morgan fingerprint density at radius 3 is 2.70 bits per heavy atom. The first kappa shape index (κ1) is 14.2. The van der Waals surface area contributed by atoms with Gasteiger partial charge in [-0.15, -0.1) is 0 Å². The fourth-order valence-electron chi connectivity index (χ4n) is 1.91. The van der Waals surface area contributed by atoms with Crippen LogP contribution < -0.4 is 10.1 Å². The molecule has 20 heavy (non-hydrogen) atoms. The molecule has 0 aromatic heterocycles. The Morgan fingerprint density at radius 2 is 2.10 bits per heavy atom. The molecule has 1 aliphatic heterocycles. The van der Waals surface area contributed by atoms with Gasteiger partial charge in [0, 0.05) is 5.56 Å². The fourth-order valence-corrected chi connectivity index (χ4v) is 1.91. The van der Waals surface area contributed by atoms with Crippen molar-refractivity contribution in [3.63, 3.8) is 0 Å². The summed E-state index contributed by atoms with van der Waals surface area (Å²) in [5.41, 5.74) is 0.335. The van der Waals surface area contributed by atoms with Gasteiger partial charge in [-0.2, -0.15) is 0 Å². The maximum atomic E-state index is 11.7. The number of carboxylic acid groups (broad SMARTS) is 1. The number of hydrogen-bond donors (Lipinski definition) is 2. The lowest BCUT2D eigenvalue weighted by molar-refractivity contribution is 0.0496. The molecule has 0 radical (unpaired) electrons. The van der Waals surface area contributed by atoms with E-state index in [0.717, 1.165) is 5.56 Å². The highest BCUT2D eigenvalue weighted by atomic mass is 16.6. The molecule has 6 heteroatoms. The second-order valence-electron chi connectivity index (χ2n) is 5.57. The van der Waals surface area contributed by atoms with Gasteiger partial charge in [-0.3, -0.25) is 0 Å². The molecule has 6 nitrogen and oxygen atoms in total. The van der Waals surface area contributed by atoms with Gasteiger partial charge in [0.05, 0.1) is 11.6 Å². The Balaban J connectivity index is 2.09. The Hall–Kier alpha value is -2.24. The van der Waals surface area contributed by atoms with Gasteiger partial charge < -0.3 is 19.9 Å². The first-order valence-electron chi connectivity index (χ1n) is 6.26. The Labute approximate surface area is 116 Å². The van der Waals surface area contributed by atoms with E-state index >= 15 is 0 Å². The van der Waals surface area contributed by atoms with Crippen molar-refractivity contribution < 1.29 is 24.2 Å². The predicted molar refractivity (Wildman–Crippen MR) is 71.0 cm³/mol. The maximum absolute atomic E-state index is 11.7. The highest BCUT2D eigenvalue weighted by Crippen LogP contribution is 2.33. The minimum absolute atomic E-state index is 0.154. The normalized spacial score (nSPS) is 17.1. The van der Waals surface area contributed by atoms with Gasteiger partial charge in [0.15, 0.2) is 0 Å². The van der Waals surface area contributed by atoms with Crippen LogP contribution in [-0.2, 0) is 4.74 Å². The summed E-state index contributed by atoms with van der Waals surface area (Å²) in [5, 5.41) is 11.6. The van der Waals surface area contributed by atoms with E-state index in [1.54, 1.807) is 26.8 Å². The summed E-state index contributed by atoms with van der Waals surface area (Å²) >= 11 is 0. The van der Waals surface area contributed by atoms with Crippen LogP contribution in [0, 0.1) is 0 Å². The third kappa shape index (κ3) is 3.20. The Morgan fingerprint density at radius 1 is 1.40 bits per heavy atom. The van der Waals surface area contributed by atoms with E-state index in [2.05, 4.69) is 5.32 Å². The molecule has 1 amide bonds. The highest BCUT2D eigenvalue weighted by molar-refractivity contribution is 5.88. The lowest BCUT2D eigenvalue weighted by Gasteiger charge is -2.21. The molecular weight excluding hydrogens is 262 g/mol. The van der Waals surface area contributed by atoms with Crippen LogP contribution in [0.4, 0.5) is 4.79 Å². The lowest BCUT2D eigenvalue weighted by Crippen LogP contribution is -2.35. The molecule has 1 aromatic rings. The summed E-state index contributed by atoms with van der Waals surface area (Å²) in [4.78, 5) is 22.6. The number of aromatic carboxylic acids is 1. The molecule has 2 rings (SSSR count). The standard InChI is InChI=1S/C14H17NO5/c1-14(2,3)20-13(18)15-10-7-19-11-6-8(12(16)17)4-5-9(10)11/h4-6,10H,7H2,1-3H3,(H,15,18)(H,16,17). The first-order chi connectivity index (χ1) is 9.26. The molecule has 0 bridgehead atoms. The van der Waals surface area contributed by atoms with E-state index in [0.29, 0.717) is 5.75 Å². The molecule has 1 aliphatic rings. The SMILES string of the molecule is CC(C)(C)OC(=O)NC1COc2cc(C(=O)O)ccc21. The second-order valence-corrected chi connectivity index (χ2v) is 5.57. The number of carboxylic acids is 1. The largest absolute Gasteiger partial charge is 0.491 e. The predicted octanol–water partition coefficient (Wildman–Crippen LogP) is 2.34. The molecule has 1 atom stereocenters. The Bertz CT molecular complexity index is 547. The highest BCUT2D eigenvalue weighted by Gasteiger charge is 2.28. The van der Waals surface area contributed by atoms with E-state index in [1.165, 1.54) is 12.1 Å². The van der Waals surface area contributed by atoms with Crippen molar-refractivity contribution in [2.75, 3.05) is 6.61 Å². The van der Waals surface area contributed by atoms with Crippen LogP contribution in [0.25, 0.3) is 0 Å². The molecule has 1 aromatic carbocycles. The molecule has 1 unspecified atom stereocenters. The molecule has 0 saturated heterocycles. The molecular formula is C14H17NO5. The number of ether oxygens (including phenoxy) is 2. The third-order valence-corrected chi connectivity index (χ3v) is 2.73. The molecule has 0 fully saturated rings. The number of carbonyl (C=O) groups excluding carboxylic acids is 1. The van der Waals surface area contributed by atoms with Crippen LogP contribution in [0.5, 0.6) is 5.75 Å². The lowest BCUT2D eigenvalue weighted by atomic mass is 10.1. The number of amides is 1. The van der Waals surface area contributed by atoms with E-state index in [4.69, 9.17) is 14.6 Å². The third-order valence-electron chi connectivity index (χ3n) is 2.73. The van der Waals surface area contributed by atoms with Gasteiger partial charge in [0.25, 0.3) is 0 Å². The summed E-state index contributed by atoms with van der Waals surface area (Å²) in [6.07, 6.45) is -0.527. The molecule has 0 saturated carbocycles. The number of carbonyl (C=O) groups is 2. The number of fused-ring (bicyclic) bond motifs is 1. The summed E-state index contributed by atoms with van der Waals surface area (Å²) < 4.78 is 10.6. The van der Waals surface area contributed by atoms with E-state index in [9.17, 15) is 9.59 Å². The van der Waals surface area contributed by atoms with Crippen molar-refractivity contribution >= 4 is 12.1 Å². The van der Waals surface area contributed by atoms with E-state index in [1.807, 2.05) is 0 Å². The van der Waals surface area contributed by atoms with Crippen LogP contribution in [0.3, 0.4) is 0 Å². The first-order valence-corrected chi connectivity index (χ1v) is 6.26. The van der Waals surface area contributed by atoms with Crippen LogP contribution in [-0.4, -0.2) is 29.4 Å². The summed E-state index contributed by atoms with van der Waals surface area (Å²) in [5.74, 6) is -0.536. The second kappa shape index (κ2) is 5.03. The molecule has 2 N–H and O–H groups in total. The van der Waals surface area contributed by atoms with Crippen molar-refractivity contribution in [2.24, 2.45) is 0 Å². The van der Waals surface area contributed by atoms with Crippen molar-refractivity contribution in [3.05, 3.63) is 29.3 Å². The van der Waals surface area contributed by atoms with Crippen LogP contribution in [0.1, 0.15) is 42.7 Å². The topological polar surface area (TPSA) is 84.9 Å². The summed E-state index contributed by atoms with van der Waals surface area (Å²) in [6.45, 7) is 5.61. The average Bonchev–Trinajstić information content (AvgIpc) is 2.69. The van der Waals surface area contributed by atoms with Crippen LogP contribution in [0.15, 0.2) is 18.2 Å². The van der Waals surface area contributed by atoms with Gasteiger partial charge in [-0.05, 0) is 32.9 Å². The smallest absolute Gasteiger partial charge is 0.408 e. The molecule has 0 spiro atoms. The molecule has 0 aliphatic carbocycles. The summed E-state index contributed by atoms with van der Waals surface area (Å²) in [7, 11) is 0. The average molecular weight is 279 g/mol. The number of alkyl carbamates (subject to hydrolysis) is 1.